The fourth-order valence-corrected chi connectivity index (χ4v) is 1.83. The number of hydrogen-bond donors (Lipinski definition) is 2. The summed E-state index contributed by atoms with van der Waals surface area (Å²) in [6.07, 6.45) is 1.41. The molecule has 1 rings (SSSR count). The summed E-state index contributed by atoms with van der Waals surface area (Å²) in [5.41, 5.74) is -0.798. The Balaban J connectivity index is 2.30. The quantitative estimate of drug-likeness (QED) is 0.674. The summed E-state index contributed by atoms with van der Waals surface area (Å²) in [6, 6.07) is 0. The summed E-state index contributed by atoms with van der Waals surface area (Å²) in [5, 5.41) is 18.7. The molecule has 0 amide bonds. The molecule has 0 bridgehead atoms. The van der Waals surface area contributed by atoms with E-state index in [-0.39, 0.29) is 6.61 Å². The number of nitrogens with zero attached hydrogens (tertiary/aromatic N) is 1. The van der Waals surface area contributed by atoms with Crippen LogP contribution in [-0.4, -0.2) is 47.0 Å². The van der Waals surface area contributed by atoms with E-state index in [4.69, 9.17) is 5.11 Å². The summed E-state index contributed by atoms with van der Waals surface area (Å²) in [5.74, 6) is 0.681. The number of aliphatic hydroxyl groups is 2. The lowest BCUT2D eigenvalue weighted by molar-refractivity contribution is -0.0606. The third-order valence-corrected chi connectivity index (χ3v) is 2.70. The van der Waals surface area contributed by atoms with Crippen molar-refractivity contribution in [2.75, 3.05) is 26.2 Å². The average molecular weight is 187 g/mol. The van der Waals surface area contributed by atoms with Gasteiger partial charge < -0.3 is 15.1 Å². The van der Waals surface area contributed by atoms with Crippen LogP contribution in [0.15, 0.2) is 0 Å². The van der Waals surface area contributed by atoms with E-state index in [0.29, 0.717) is 18.8 Å². The molecular weight excluding hydrogens is 166 g/mol. The summed E-state index contributed by atoms with van der Waals surface area (Å²) >= 11 is 0. The smallest absolute Gasteiger partial charge is 0.0901 e. The number of aliphatic hydroxyl groups excluding tert-OH is 1. The predicted molar refractivity (Wildman–Crippen MR) is 52.5 cm³/mol. The molecule has 0 aromatic heterocycles. The van der Waals surface area contributed by atoms with Crippen molar-refractivity contribution < 1.29 is 10.2 Å². The fraction of sp³-hybridized carbons (Fsp3) is 1.00. The second-order valence-corrected chi connectivity index (χ2v) is 4.58. The Kier molecular flexibility index (Phi) is 3.71. The maximum Gasteiger partial charge on any atom is 0.0901 e. The van der Waals surface area contributed by atoms with E-state index in [0.717, 1.165) is 19.6 Å². The zero-order valence-corrected chi connectivity index (χ0v) is 8.66. The van der Waals surface area contributed by atoms with Crippen LogP contribution in [0, 0.1) is 5.92 Å². The third-order valence-electron chi connectivity index (χ3n) is 2.70. The van der Waals surface area contributed by atoms with Gasteiger partial charge in [0, 0.05) is 19.6 Å². The highest BCUT2D eigenvalue weighted by atomic mass is 16.3. The first kappa shape index (κ1) is 11.0. The lowest BCUT2D eigenvalue weighted by atomic mass is 9.92. The van der Waals surface area contributed by atoms with Gasteiger partial charge in [-0.3, -0.25) is 0 Å². The Morgan fingerprint density at radius 2 is 1.85 bits per heavy atom. The van der Waals surface area contributed by atoms with E-state index in [1.165, 1.54) is 0 Å². The van der Waals surface area contributed by atoms with Gasteiger partial charge in [-0.15, -0.1) is 0 Å². The second kappa shape index (κ2) is 4.40. The first-order valence-electron chi connectivity index (χ1n) is 5.11. The Morgan fingerprint density at radius 3 is 2.23 bits per heavy atom. The molecular formula is C10H21NO2. The molecule has 0 aromatic carbocycles. The molecule has 0 aliphatic carbocycles. The molecule has 2 N–H and O–H groups in total. The zero-order chi connectivity index (χ0) is 9.90. The van der Waals surface area contributed by atoms with Gasteiger partial charge in [0.05, 0.1) is 12.2 Å². The van der Waals surface area contributed by atoms with E-state index >= 15 is 0 Å². The standard InChI is InChI=1S/C10H21NO2/c1-9(2)7-11-5-3-10(13,8-12)4-6-11/h9,12-13H,3-8H2,1-2H3. The van der Waals surface area contributed by atoms with E-state index < -0.39 is 5.60 Å². The van der Waals surface area contributed by atoms with Gasteiger partial charge >= 0.3 is 0 Å². The largest absolute Gasteiger partial charge is 0.393 e. The minimum Gasteiger partial charge on any atom is -0.393 e. The Hall–Kier alpha value is -0.120. The zero-order valence-electron chi connectivity index (χ0n) is 8.66. The molecule has 0 saturated carbocycles. The maximum atomic E-state index is 9.76. The first-order valence-corrected chi connectivity index (χ1v) is 5.11. The summed E-state index contributed by atoms with van der Waals surface area (Å²) in [6.45, 7) is 7.23. The van der Waals surface area contributed by atoms with Gasteiger partial charge in [-0.05, 0) is 18.8 Å². The number of likely N-dealkylation sites (tertiary alicyclic amines) is 1. The van der Waals surface area contributed by atoms with Gasteiger partial charge in [-0.2, -0.15) is 0 Å². The third kappa shape index (κ3) is 3.25. The predicted octanol–water partition coefficient (Wildman–Crippen LogP) is 0.462. The topological polar surface area (TPSA) is 43.7 Å². The SMILES string of the molecule is CC(C)CN1CCC(O)(CO)CC1. The van der Waals surface area contributed by atoms with Crippen LogP contribution in [0.2, 0.25) is 0 Å². The van der Waals surface area contributed by atoms with E-state index in [2.05, 4.69) is 18.7 Å². The number of piperidine rings is 1. The Labute approximate surface area is 80.4 Å². The van der Waals surface area contributed by atoms with E-state index in [1.54, 1.807) is 0 Å². The lowest BCUT2D eigenvalue weighted by Gasteiger charge is -2.37. The molecule has 0 aromatic rings. The van der Waals surface area contributed by atoms with E-state index in [1.807, 2.05) is 0 Å². The number of rotatable bonds is 3. The van der Waals surface area contributed by atoms with Crippen LogP contribution < -0.4 is 0 Å². The molecule has 1 saturated heterocycles. The molecule has 1 aliphatic rings. The van der Waals surface area contributed by atoms with Crippen LogP contribution in [0.4, 0.5) is 0 Å². The molecule has 13 heavy (non-hydrogen) atoms. The average Bonchev–Trinajstić information content (AvgIpc) is 2.09. The normalized spacial score (nSPS) is 23.8. The molecule has 1 heterocycles. The highest BCUT2D eigenvalue weighted by Gasteiger charge is 2.31. The Bertz CT molecular complexity index is 151. The van der Waals surface area contributed by atoms with Crippen LogP contribution in [0.1, 0.15) is 26.7 Å². The molecule has 0 radical (unpaired) electrons. The van der Waals surface area contributed by atoms with Crippen LogP contribution in [0.25, 0.3) is 0 Å². The highest BCUT2D eigenvalue weighted by Crippen LogP contribution is 2.21. The molecule has 1 fully saturated rings. The minimum atomic E-state index is -0.798. The lowest BCUT2D eigenvalue weighted by Crippen LogP contribution is -2.47. The van der Waals surface area contributed by atoms with Crippen molar-refractivity contribution in [2.45, 2.75) is 32.3 Å². The van der Waals surface area contributed by atoms with Crippen LogP contribution in [0.5, 0.6) is 0 Å². The van der Waals surface area contributed by atoms with Crippen LogP contribution in [0.3, 0.4) is 0 Å². The van der Waals surface area contributed by atoms with Crippen LogP contribution >= 0.6 is 0 Å². The van der Waals surface area contributed by atoms with Crippen molar-refractivity contribution in [2.24, 2.45) is 5.92 Å². The van der Waals surface area contributed by atoms with Gasteiger partial charge in [-0.1, -0.05) is 13.8 Å². The maximum absolute atomic E-state index is 9.76. The molecule has 0 spiro atoms. The van der Waals surface area contributed by atoms with Gasteiger partial charge in [0.1, 0.15) is 0 Å². The van der Waals surface area contributed by atoms with Gasteiger partial charge in [-0.25, -0.2) is 0 Å². The van der Waals surface area contributed by atoms with Crippen LogP contribution in [-0.2, 0) is 0 Å². The van der Waals surface area contributed by atoms with Crippen molar-refractivity contribution in [3.05, 3.63) is 0 Å². The van der Waals surface area contributed by atoms with Crippen molar-refractivity contribution >= 4 is 0 Å². The molecule has 3 heteroatoms. The molecule has 3 nitrogen and oxygen atoms in total. The monoisotopic (exact) mass is 187 g/mol. The summed E-state index contributed by atoms with van der Waals surface area (Å²) in [4.78, 5) is 2.36. The van der Waals surface area contributed by atoms with Gasteiger partial charge in [0.15, 0.2) is 0 Å². The molecule has 0 atom stereocenters. The van der Waals surface area contributed by atoms with Crippen molar-refractivity contribution in [3.8, 4) is 0 Å². The second-order valence-electron chi connectivity index (χ2n) is 4.58. The van der Waals surface area contributed by atoms with E-state index in [9.17, 15) is 5.11 Å². The fourth-order valence-electron chi connectivity index (χ4n) is 1.83. The molecule has 78 valence electrons. The number of hydrogen-bond acceptors (Lipinski definition) is 3. The first-order chi connectivity index (χ1) is 6.06. The van der Waals surface area contributed by atoms with Gasteiger partial charge in [0.2, 0.25) is 0 Å². The van der Waals surface area contributed by atoms with Crippen molar-refractivity contribution in [1.29, 1.82) is 0 Å². The summed E-state index contributed by atoms with van der Waals surface area (Å²) < 4.78 is 0. The highest BCUT2D eigenvalue weighted by molar-refractivity contribution is 4.85. The minimum absolute atomic E-state index is 0.0947. The molecule has 0 unspecified atom stereocenters. The van der Waals surface area contributed by atoms with Crippen molar-refractivity contribution in [3.63, 3.8) is 0 Å². The Morgan fingerprint density at radius 1 is 1.31 bits per heavy atom. The summed E-state index contributed by atoms with van der Waals surface area (Å²) in [7, 11) is 0. The van der Waals surface area contributed by atoms with Crippen molar-refractivity contribution in [1.82, 2.24) is 4.90 Å². The molecule has 1 aliphatic heterocycles. The van der Waals surface area contributed by atoms with Gasteiger partial charge in [0.25, 0.3) is 0 Å².